The monoisotopic (exact) mass is 322 g/mol. The van der Waals surface area contributed by atoms with Gasteiger partial charge in [-0.15, -0.1) is 10.2 Å². The van der Waals surface area contributed by atoms with Crippen molar-refractivity contribution >= 4 is 16.5 Å². The van der Waals surface area contributed by atoms with Crippen molar-refractivity contribution in [1.29, 1.82) is 0 Å². The summed E-state index contributed by atoms with van der Waals surface area (Å²) in [6.07, 6.45) is -4.14. The number of rotatable bonds is 2. The Labute approximate surface area is 127 Å². The number of hydrogen-bond acceptors (Lipinski definition) is 5. The molecule has 1 aliphatic rings. The van der Waals surface area contributed by atoms with Crippen molar-refractivity contribution in [1.82, 2.24) is 15.1 Å². The van der Waals surface area contributed by atoms with Crippen LogP contribution in [0.1, 0.15) is 32.7 Å². The van der Waals surface area contributed by atoms with Crippen LogP contribution in [-0.2, 0) is 5.41 Å². The third-order valence-corrected chi connectivity index (χ3v) is 4.88. The van der Waals surface area contributed by atoms with Crippen LogP contribution in [0.5, 0.6) is 0 Å². The fourth-order valence-corrected chi connectivity index (χ4v) is 3.22. The number of anilines is 1. The van der Waals surface area contributed by atoms with E-state index in [1.165, 1.54) is 16.2 Å². The quantitative estimate of drug-likeness (QED) is 0.838. The first-order valence-corrected chi connectivity index (χ1v) is 7.77. The van der Waals surface area contributed by atoms with E-state index >= 15 is 0 Å². The SMILES string of the molecule is CC1CN(c2nnc(C(C)(C)C)s2)CCN1CC(F)(F)F. The Morgan fingerprint density at radius 3 is 2.33 bits per heavy atom. The van der Waals surface area contributed by atoms with Gasteiger partial charge in [0.1, 0.15) is 5.01 Å². The average molecular weight is 322 g/mol. The molecule has 0 saturated carbocycles. The van der Waals surface area contributed by atoms with Gasteiger partial charge in [-0.2, -0.15) is 13.2 Å². The summed E-state index contributed by atoms with van der Waals surface area (Å²) in [4.78, 5) is 3.51. The Bertz CT molecular complexity index is 480. The van der Waals surface area contributed by atoms with Crippen molar-refractivity contribution in [2.45, 2.75) is 45.3 Å². The summed E-state index contributed by atoms with van der Waals surface area (Å²) in [7, 11) is 0. The van der Waals surface area contributed by atoms with E-state index in [0.717, 1.165) is 10.1 Å². The number of halogens is 3. The fraction of sp³-hybridized carbons (Fsp3) is 0.846. The van der Waals surface area contributed by atoms with Crippen LogP contribution in [-0.4, -0.2) is 53.5 Å². The molecule has 21 heavy (non-hydrogen) atoms. The number of alkyl halides is 3. The van der Waals surface area contributed by atoms with Crippen LogP contribution in [0.3, 0.4) is 0 Å². The third-order valence-electron chi connectivity index (χ3n) is 3.47. The molecular weight excluding hydrogens is 301 g/mol. The lowest BCUT2D eigenvalue weighted by Crippen LogP contribution is -2.54. The highest BCUT2D eigenvalue weighted by molar-refractivity contribution is 7.15. The van der Waals surface area contributed by atoms with Crippen LogP contribution < -0.4 is 4.90 Å². The van der Waals surface area contributed by atoms with Gasteiger partial charge in [0.2, 0.25) is 5.13 Å². The minimum absolute atomic E-state index is 0.0559. The van der Waals surface area contributed by atoms with Gasteiger partial charge in [-0.05, 0) is 6.92 Å². The molecule has 0 N–H and O–H groups in total. The summed E-state index contributed by atoms with van der Waals surface area (Å²) in [5.74, 6) is 0. The third kappa shape index (κ3) is 4.29. The van der Waals surface area contributed by atoms with Crippen molar-refractivity contribution in [2.75, 3.05) is 31.1 Å². The Hall–Kier alpha value is -0.890. The molecule has 1 aliphatic heterocycles. The second-order valence-electron chi connectivity index (χ2n) is 6.52. The minimum atomic E-state index is -4.14. The summed E-state index contributed by atoms with van der Waals surface area (Å²) in [6, 6.07) is -0.151. The second kappa shape index (κ2) is 5.72. The lowest BCUT2D eigenvalue weighted by atomic mass is 9.98. The molecule has 2 heterocycles. The maximum Gasteiger partial charge on any atom is 0.401 e. The Balaban J connectivity index is 2.01. The van der Waals surface area contributed by atoms with Crippen molar-refractivity contribution in [3.8, 4) is 0 Å². The molecule has 0 aliphatic carbocycles. The van der Waals surface area contributed by atoms with E-state index in [-0.39, 0.29) is 11.5 Å². The molecule has 120 valence electrons. The smallest absolute Gasteiger partial charge is 0.344 e. The Morgan fingerprint density at radius 2 is 1.86 bits per heavy atom. The first-order valence-electron chi connectivity index (χ1n) is 6.96. The van der Waals surface area contributed by atoms with Crippen LogP contribution >= 0.6 is 11.3 Å². The first kappa shape index (κ1) is 16.5. The van der Waals surface area contributed by atoms with Crippen molar-refractivity contribution in [2.24, 2.45) is 0 Å². The summed E-state index contributed by atoms with van der Waals surface area (Å²) >= 11 is 1.53. The molecule has 2 rings (SSSR count). The van der Waals surface area contributed by atoms with Crippen molar-refractivity contribution in [3.05, 3.63) is 5.01 Å². The summed E-state index contributed by atoms with van der Waals surface area (Å²) in [5, 5.41) is 10.1. The van der Waals surface area contributed by atoms with Gasteiger partial charge in [0.15, 0.2) is 0 Å². The molecule has 0 aromatic carbocycles. The number of hydrogen-bond donors (Lipinski definition) is 0. The highest BCUT2D eigenvalue weighted by atomic mass is 32.1. The van der Waals surface area contributed by atoms with E-state index in [4.69, 9.17) is 0 Å². The van der Waals surface area contributed by atoms with Crippen LogP contribution in [0, 0.1) is 0 Å². The second-order valence-corrected chi connectivity index (χ2v) is 7.48. The van der Waals surface area contributed by atoms with Gasteiger partial charge in [-0.1, -0.05) is 32.1 Å². The van der Waals surface area contributed by atoms with E-state index in [1.807, 2.05) is 11.8 Å². The normalized spacial score (nSPS) is 21.9. The number of nitrogens with zero attached hydrogens (tertiary/aromatic N) is 4. The molecule has 8 heteroatoms. The highest BCUT2D eigenvalue weighted by Gasteiger charge is 2.35. The van der Waals surface area contributed by atoms with Gasteiger partial charge in [0.05, 0.1) is 6.54 Å². The topological polar surface area (TPSA) is 32.3 Å². The van der Waals surface area contributed by atoms with Gasteiger partial charge in [0.25, 0.3) is 0 Å². The standard InChI is InChI=1S/C13H21F3N4S/c1-9-7-19(5-6-20(9)8-13(14,15)16)11-18-17-10(21-11)12(2,3)4/h9H,5-8H2,1-4H3. The van der Waals surface area contributed by atoms with Gasteiger partial charge in [-0.3, -0.25) is 4.90 Å². The zero-order chi connectivity index (χ0) is 15.8. The molecule has 1 saturated heterocycles. The van der Waals surface area contributed by atoms with E-state index in [2.05, 4.69) is 31.0 Å². The van der Waals surface area contributed by atoms with Crippen LogP contribution in [0.2, 0.25) is 0 Å². The van der Waals surface area contributed by atoms with Gasteiger partial charge in [-0.25, -0.2) is 0 Å². The Morgan fingerprint density at radius 1 is 1.19 bits per heavy atom. The van der Waals surface area contributed by atoms with Crippen molar-refractivity contribution < 1.29 is 13.2 Å². The Kier molecular flexibility index (Phi) is 4.49. The molecule has 1 atom stereocenters. The van der Waals surface area contributed by atoms with E-state index in [0.29, 0.717) is 19.6 Å². The zero-order valence-electron chi connectivity index (χ0n) is 12.7. The highest BCUT2D eigenvalue weighted by Crippen LogP contribution is 2.31. The van der Waals surface area contributed by atoms with Gasteiger partial charge in [0, 0.05) is 31.1 Å². The molecule has 0 bridgehead atoms. The molecular formula is C13H21F3N4S. The minimum Gasteiger partial charge on any atom is -0.344 e. The average Bonchev–Trinajstić information content (AvgIpc) is 2.79. The molecule has 1 unspecified atom stereocenters. The predicted octanol–water partition coefficient (Wildman–Crippen LogP) is 2.91. The van der Waals surface area contributed by atoms with E-state index < -0.39 is 12.7 Å². The number of piperazine rings is 1. The van der Waals surface area contributed by atoms with Crippen molar-refractivity contribution in [3.63, 3.8) is 0 Å². The summed E-state index contributed by atoms with van der Waals surface area (Å²) in [6.45, 7) is 8.69. The molecule has 1 aromatic heterocycles. The zero-order valence-corrected chi connectivity index (χ0v) is 13.6. The summed E-state index contributed by atoms with van der Waals surface area (Å²) in [5.41, 5.74) is -0.0559. The molecule has 0 spiro atoms. The first-order chi connectivity index (χ1) is 9.56. The maximum absolute atomic E-state index is 12.5. The lowest BCUT2D eigenvalue weighted by Gasteiger charge is -2.39. The molecule has 0 amide bonds. The molecule has 1 aromatic rings. The maximum atomic E-state index is 12.5. The van der Waals surface area contributed by atoms with Gasteiger partial charge < -0.3 is 4.90 Å². The summed E-state index contributed by atoms with van der Waals surface area (Å²) < 4.78 is 37.5. The van der Waals surface area contributed by atoms with Gasteiger partial charge >= 0.3 is 6.18 Å². The fourth-order valence-electron chi connectivity index (χ4n) is 2.28. The molecule has 1 fully saturated rings. The van der Waals surface area contributed by atoms with Crippen LogP contribution in [0.15, 0.2) is 0 Å². The lowest BCUT2D eigenvalue weighted by molar-refractivity contribution is -0.150. The molecule has 4 nitrogen and oxygen atoms in total. The largest absolute Gasteiger partial charge is 0.401 e. The van der Waals surface area contributed by atoms with E-state index in [9.17, 15) is 13.2 Å². The van der Waals surface area contributed by atoms with Crippen LogP contribution in [0.4, 0.5) is 18.3 Å². The predicted molar refractivity (Wildman–Crippen MR) is 77.9 cm³/mol. The number of aromatic nitrogens is 2. The van der Waals surface area contributed by atoms with E-state index in [1.54, 1.807) is 0 Å². The molecule has 0 radical (unpaired) electrons. The van der Waals surface area contributed by atoms with Crippen LogP contribution in [0.25, 0.3) is 0 Å².